The van der Waals surface area contributed by atoms with E-state index in [2.05, 4.69) is 17.4 Å². The van der Waals surface area contributed by atoms with Gasteiger partial charge in [-0.15, -0.1) is 5.48 Å². The molecule has 2 rings (SSSR count). The topological polar surface area (TPSA) is 59.6 Å². The standard InChI is InChI=1S/C14H22N2O3/c1-3-10(4-2)13-12(16-19-13)14(17)15-11-8-6-5-7-9-18-11/h3,11-12,16H,1,4-9H2,2H3,(H,15,17)/b13-10+. The van der Waals surface area contributed by atoms with Crippen LogP contribution in [-0.2, 0) is 14.4 Å². The third kappa shape index (κ3) is 3.36. The van der Waals surface area contributed by atoms with Crippen LogP contribution >= 0.6 is 0 Å². The Hall–Kier alpha value is -1.33. The molecule has 1 amide bonds. The highest BCUT2D eigenvalue weighted by Crippen LogP contribution is 2.22. The molecular formula is C14H22N2O3. The fourth-order valence-corrected chi connectivity index (χ4v) is 2.29. The molecule has 2 aliphatic rings. The lowest BCUT2D eigenvalue weighted by atomic mass is 10.1. The van der Waals surface area contributed by atoms with Crippen molar-refractivity contribution >= 4 is 5.91 Å². The smallest absolute Gasteiger partial charge is 0.250 e. The average molecular weight is 266 g/mol. The van der Waals surface area contributed by atoms with Gasteiger partial charge in [-0.3, -0.25) is 4.79 Å². The SMILES string of the molecule is C=C/C(CC)=C1\ONC1C(=O)NC1CCCCCO1. The molecule has 0 aromatic heterocycles. The minimum atomic E-state index is -0.417. The molecule has 0 aromatic rings. The van der Waals surface area contributed by atoms with Crippen molar-refractivity contribution in [2.45, 2.75) is 51.3 Å². The van der Waals surface area contributed by atoms with Gasteiger partial charge in [0.2, 0.25) is 5.91 Å². The Balaban J connectivity index is 1.92. The van der Waals surface area contributed by atoms with Crippen molar-refractivity contribution < 1.29 is 14.4 Å². The Morgan fingerprint density at radius 3 is 3.00 bits per heavy atom. The molecule has 0 radical (unpaired) electrons. The van der Waals surface area contributed by atoms with Crippen LogP contribution in [0.2, 0.25) is 0 Å². The van der Waals surface area contributed by atoms with Gasteiger partial charge in [-0.1, -0.05) is 26.0 Å². The van der Waals surface area contributed by atoms with E-state index in [0.717, 1.165) is 37.9 Å². The number of hydrogen-bond acceptors (Lipinski definition) is 4. The molecule has 2 N–H and O–H groups in total. The first-order valence-corrected chi connectivity index (χ1v) is 6.96. The normalized spacial score (nSPS) is 29.5. The highest BCUT2D eigenvalue weighted by atomic mass is 16.7. The Kier molecular flexibility index (Phi) is 4.99. The number of carbonyl (C=O) groups is 1. The number of allylic oxidation sites excluding steroid dienone is 2. The number of nitrogens with one attached hydrogen (secondary N) is 2. The lowest BCUT2D eigenvalue weighted by Crippen LogP contribution is -2.56. The van der Waals surface area contributed by atoms with Crippen LogP contribution in [0.5, 0.6) is 0 Å². The van der Waals surface area contributed by atoms with E-state index in [1.54, 1.807) is 6.08 Å². The van der Waals surface area contributed by atoms with Crippen LogP contribution in [0, 0.1) is 0 Å². The average Bonchev–Trinajstić information content (AvgIpc) is 2.62. The van der Waals surface area contributed by atoms with Crippen molar-refractivity contribution in [2.24, 2.45) is 0 Å². The van der Waals surface area contributed by atoms with Crippen LogP contribution in [0.25, 0.3) is 0 Å². The van der Waals surface area contributed by atoms with Crippen molar-refractivity contribution in [2.75, 3.05) is 6.61 Å². The van der Waals surface area contributed by atoms with Gasteiger partial charge in [0.1, 0.15) is 6.23 Å². The Bertz CT molecular complexity index is 371. The molecule has 19 heavy (non-hydrogen) atoms. The molecule has 0 aliphatic carbocycles. The monoisotopic (exact) mass is 266 g/mol. The summed E-state index contributed by atoms with van der Waals surface area (Å²) in [6, 6.07) is -0.417. The minimum absolute atomic E-state index is 0.0963. The van der Waals surface area contributed by atoms with E-state index in [-0.39, 0.29) is 12.1 Å². The number of ether oxygens (including phenoxy) is 1. The summed E-state index contributed by atoms with van der Waals surface area (Å²) < 4.78 is 5.60. The third-order valence-electron chi connectivity index (χ3n) is 3.49. The zero-order valence-corrected chi connectivity index (χ0v) is 11.4. The molecule has 2 fully saturated rings. The fraction of sp³-hybridized carbons (Fsp3) is 0.643. The van der Waals surface area contributed by atoms with E-state index in [4.69, 9.17) is 9.57 Å². The number of hydroxylamine groups is 1. The highest BCUT2D eigenvalue weighted by Gasteiger charge is 2.36. The Morgan fingerprint density at radius 1 is 1.53 bits per heavy atom. The van der Waals surface area contributed by atoms with Gasteiger partial charge in [-0.2, -0.15) is 0 Å². The fourth-order valence-electron chi connectivity index (χ4n) is 2.29. The van der Waals surface area contributed by atoms with E-state index >= 15 is 0 Å². The molecule has 5 heteroatoms. The summed E-state index contributed by atoms with van der Waals surface area (Å²) in [7, 11) is 0. The number of carbonyl (C=O) groups excluding carboxylic acids is 1. The molecule has 5 nitrogen and oxygen atoms in total. The molecule has 2 heterocycles. The van der Waals surface area contributed by atoms with Crippen LogP contribution in [-0.4, -0.2) is 24.8 Å². The molecule has 0 spiro atoms. The molecule has 0 saturated carbocycles. The van der Waals surface area contributed by atoms with E-state index in [0.29, 0.717) is 5.76 Å². The molecule has 2 saturated heterocycles. The van der Waals surface area contributed by atoms with Gasteiger partial charge >= 0.3 is 0 Å². The molecule has 2 unspecified atom stereocenters. The van der Waals surface area contributed by atoms with Gasteiger partial charge in [0.25, 0.3) is 0 Å². The van der Waals surface area contributed by atoms with Gasteiger partial charge in [0.15, 0.2) is 11.8 Å². The van der Waals surface area contributed by atoms with Gasteiger partial charge < -0.3 is 14.9 Å². The summed E-state index contributed by atoms with van der Waals surface area (Å²) in [5, 5.41) is 2.92. The summed E-state index contributed by atoms with van der Waals surface area (Å²) in [6.45, 7) is 6.46. The van der Waals surface area contributed by atoms with Crippen molar-refractivity contribution in [3.8, 4) is 0 Å². The lowest BCUT2D eigenvalue weighted by Gasteiger charge is -2.32. The first kappa shape index (κ1) is 14.1. The van der Waals surface area contributed by atoms with Crippen LogP contribution in [0.1, 0.15) is 39.0 Å². The van der Waals surface area contributed by atoms with Crippen LogP contribution < -0.4 is 10.8 Å². The maximum atomic E-state index is 12.2. The first-order chi connectivity index (χ1) is 9.26. The lowest BCUT2D eigenvalue weighted by molar-refractivity contribution is -0.139. The van der Waals surface area contributed by atoms with Crippen molar-refractivity contribution in [1.82, 2.24) is 10.8 Å². The highest BCUT2D eigenvalue weighted by molar-refractivity contribution is 5.85. The van der Waals surface area contributed by atoms with Crippen molar-refractivity contribution in [3.63, 3.8) is 0 Å². The van der Waals surface area contributed by atoms with Crippen LogP contribution in [0.15, 0.2) is 24.0 Å². The van der Waals surface area contributed by atoms with Gasteiger partial charge in [-0.25, -0.2) is 0 Å². The Labute approximate surface area is 114 Å². The second-order valence-corrected chi connectivity index (χ2v) is 4.82. The van der Waals surface area contributed by atoms with E-state index in [1.807, 2.05) is 6.92 Å². The van der Waals surface area contributed by atoms with Crippen molar-refractivity contribution in [3.05, 3.63) is 24.0 Å². The number of rotatable bonds is 4. The summed E-state index contributed by atoms with van der Waals surface area (Å²) >= 11 is 0. The summed E-state index contributed by atoms with van der Waals surface area (Å²) in [5.74, 6) is 0.574. The first-order valence-electron chi connectivity index (χ1n) is 6.96. The molecule has 2 atom stereocenters. The maximum Gasteiger partial charge on any atom is 0.250 e. The second-order valence-electron chi connectivity index (χ2n) is 4.82. The quantitative estimate of drug-likeness (QED) is 0.814. The molecule has 106 valence electrons. The maximum absolute atomic E-state index is 12.2. The molecular weight excluding hydrogens is 244 g/mol. The predicted molar refractivity (Wildman–Crippen MR) is 71.9 cm³/mol. The zero-order valence-electron chi connectivity index (χ0n) is 11.4. The zero-order chi connectivity index (χ0) is 13.7. The van der Waals surface area contributed by atoms with E-state index in [9.17, 15) is 4.79 Å². The van der Waals surface area contributed by atoms with Gasteiger partial charge in [-0.05, 0) is 31.3 Å². The third-order valence-corrected chi connectivity index (χ3v) is 3.49. The van der Waals surface area contributed by atoms with Crippen molar-refractivity contribution in [1.29, 1.82) is 0 Å². The minimum Gasteiger partial charge on any atom is -0.409 e. The van der Waals surface area contributed by atoms with E-state index < -0.39 is 6.04 Å². The summed E-state index contributed by atoms with van der Waals surface area (Å²) in [6.07, 6.45) is 6.56. The summed E-state index contributed by atoms with van der Waals surface area (Å²) in [4.78, 5) is 17.3. The second kappa shape index (κ2) is 6.73. The Morgan fingerprint density at radius 2 is 2.37 bits per heavy atom. The summed E-state index contributed by atoms with van der Waals surface area (Å²) in [5.41, 5.74) is 3.64. The largest absolute Gasteiger partial charge is 0.409 e. The number of amides is 1. The molecule has 2 aliphatic heterocycles. The van der Waals surface area contributed by atoms with Gasteiger partial charge in [0.05, 0.1) is 0 Å². The number of hydrogen-bond donors (Lipinski definition) is 2. The molecule has 0 bridgehead atoms. The predicted octanol–water partition coefficient (Wildman–Crippen LogP) is 1.77. The van der Waals surface area contributed by atoms with Crippen LogP contribution in [0.3, 0.4) is 0 Å². The van der Waals surface area contributed by atoms with Gasteiger partial charge in [0, 0.05) is 6.61 Å². The molecule has 0 aromatic carbocycles. The van der Waals surface area contributed by atoms with E-state index in [1.165, 1.54) is 6.42 Å². The van der Waals surface area contributed by atoms with Crippen LogP contribution in [0.4, 0.5) is 0 Å².